The van der Waals surface area contributed by atoms with Gasteiger partial charge in [-0.25, -0.2) is 8.42 Å². The van der Waals surface area contributed by atoms with Crippen LogP contribution in [0.15, 0.2) is 23.1 Å². The lowest BCUT2D eigenvalue weighted by atomic mass is 10.2. The van der Waals surface area contributed by atoms with Crippen molar-refractivity contribution >= 4 is 21.6 Å². The summed E-state index contributed by atoms with van der Waals surface area (Å²) in [6.45, 7) is 9.05. The highest BCUT2D eigenvalue weighted by Gasteiger charge is 2.23. The van der Waals surface area contributed by atoms with Crippen LogP contribution >= 0.6 is 0 Å². The lowest BCUT2D eigenvalue weighted by molar-refractivity contribution is -0.117. The molecule has 0 saturated heterocycles. The predicted octanol–water partition coefficient (Wildman–Crippen LogP) is 2.42. The van der Waals surface area contributed by atoms with Crippen molar-refractivity contribution in [2.45, 2.75) is 39.0 Å². The van der Waals surface area contributed by atoms with Crippen LogP contribution in [0.5, 0.6) is 5.75 Å². The Labute approximate surface area is 150 Å². The van der Waals surface area contributed by atoms with Crippen molar-refractivity contribution in [1.29, 1.82) is 0 Å². The SMILES string of the molecule is CCN(CC)S(=O)(=O)c1ccc(O)c(NC(=O)CCOCC(C)C)c1. The minimum atomic E-state index is -3.66. The molecule has 1 rings (SSSR count). The van der Waals surface area contributed by atoms with Crippen molar-refractivity contribution in [2.75, 3.05) is 31.6 Å². The van der Waals surface area contributed by atoms with Crippen LogP contribution in [0, 0.1) is 5.92 Å². The first-order chi connectivity index (χ1) is 11.7. The van der Waals surface area contributed by atoms with Crippen molar-refractivity contribution in [3.8, 4) is 5.75 Å². The van der Waals surface area contributed by atoms with E-state index in [-0.39, 0.29) is 35.3 Å². The first kappa shape index (κ1) is 21.4. The summed E-state index contributed by atoms with van der Waals surface area (Å²) < 4.78 is 31.7. The van der Waals surface area contributed by atoms with Crippen molar-refractivity contribution in [3.05, 3.63) is 18.2 Å². The fraction of sp³-hybridized carbons (Fsp3) is 0.588. The highest BCUT2D eigenvalue weighted by Crippen LogP contribution is 2.28. The summed E-state index contributed by atoms with van der Waals surface area (Å²) in [6, 6.07) is 3.86. The number of benzene rings is 1. The molecule has 0 radical (unpaired) electrons. The van der Waals surface area contributed by atoms with Gasteiger partial charge in [-0.3, -0.25) is 4.79 Å². The molecule has 2 N–H and O–H groups in total. The van der Waals surface area contributed by atoms with Crippen LogP contribution in [0.1, 0.15) is 34.1 Å². The van der Waals surface area contributed by atoms with Gasteiger partial charge in [0.15, 0.2) is 0 Å². The number of amides is 1. The number of nitrogens with one attached hydrogen (secondary N) is 1. The highest BCUT2D eigenvalue weighted by molar-refractivity contribution is 7.89. The number of ether oxygens (including phenoxy) is 1. The fourth-order valence-electron chi connectivity index (χ4n) is 2.18. The van der Waals surface area contributed by atoms with E-state index in [9.17, 15) is 18.3 Å². The quantitative estimate of drug-likeness (QED) is 0.486. The van der Waals surface area contributed by atoms with E-state index in [4.69, 9.17) is 4.74 Å². The van der Waals surface area contributed by atoms with Gasteiger partial charge < -0.3 is 15.2 Å². The Morgan fingerprint density at radius 3 is 2.48 bits per heavy atom. The molecule has 0 bridgehead atoms. The standard InChI is InChI=1S/C17H28N2O5S/c1-5-19(6-2)25(22,23)14-7-8-16(20)15(11-14)18-17(21)9-10-24-12-13(3)4/h7-8,11,13,20H,5-6,9-10,12H2,1-4H3,(H,18,21). The summed E-state index contributed by atoms with van der Waals surface area (Å²) in [6.07, 6.45) is 0.124. The summed E-state index contributed by atoms with van der Waals surface area (Å²) in [5, 5.41) is 12.4. The van der Waals surface area contributed by atoms with Crippen LogP contribution in [-0.4, -0.2) is 50.0 Å². The number of sulfonamides is 1. The van der Waals surface area contributed by atoms with Crippen molar-refractivity contribution in [1.82, 2.24) is 4.31 Å². The molecule has 1 aromatic carbocycles. The average Bonchev–Trinajstić information content (AvgIpc) is 2.54. The second-order valence-electron chi connectivity index (χ2n) is 6.04. The molecule has 25 heavy (non-hydrogen) atoms. The van der Waals surface area contributed by atoms with E-state index < -0.39 is 10.0 Å². The third kappa shape index (κ3) is 6.30. The van der Waals surface area contributed by atoms with Gasteiger partial charge in [0.05, 0.1) is 23.6 Å². The van der Waals surface area contributed by atoms with Gasteiger partial charge in [0, 0.05) is 19.7 Å². The zero-order chi connectivity index (χ0) is 19.0. The minimum Gasteiger partial charge on any atom is -0.506 e. The number of aromatic hydroxyl groups is 1. The number of rotatable bonds is 10. The fourth-order valence-corrected chi connectivity index (χ4v) is 3.67. The zero-order valence-corrected chi connectivity index (χ0v) is 16.1. The summed E-state index contributed by atoms with van der Waals surface area (Å²) >= 11 is 0. The molecule has 0 aromatic heterocycles. The van der Waals surface area contributed by atoms with Gasteiger partial charge in [-0.2, -0.15) is 4.31 Å². The van der Waals surface area contributed by atoms with Crippen LogP contribution in [0.4, 0.5) is 5.69 Å². The molecule has 8 heteroatoms. The molecule has 0 aliphatic carbocycles. The molecule has 0 saturated carbocycles. The number of carbonyl (C=O) groups excluding carboxylic acids is 1. The van der Waals surface area contributed by atoms with E-state index >= 15 is 0 Å². The first-order valence-corrected chi connectivity index (χ1v) is 9.87. The Morgan fingerprint density at radius 1 is 1.28 bits per heavy atom. The molecule has 7 nitrogen and oxygen atoms in total. The average molecular weight is 372 g/mol. The van der Waals surface area contributed by atoms with Gasteiger partial charge in [0.2, 0.25) is 15.9 Å². The summed E-state index contributed by atoms with van der Waals surface area (Å²) in [4.78, 5) is 12.0. The molecule has 0 fully saturated rings. The number of hydrogen-bond acceptors (Lipinski definition) is 5. The summed E-state index contributed by atoms with van der Waals surface area (Å²) in [5.74, 6) is -0.152. The summed E-state index contributed by atoms with van der Waals surface area (Å²) in [7, 11) is -3.66. The van der Waals surface area contributed by atoms with Gasteiger partial charge in [-0.05, 0) is 24.1 Å². The van der Waals surface area contributed by atoms with E-state index in [0.717, 1.165) is 0 Å². The molecule has 142 valence electrons. The zero-order valence-electron chi connectivity index (χ0n) is 15.3. The van der Waals surface area contributed by atoms with E-state index in [1.165, 1.54) is 22.5 Å². The smallest absolute Gasteiger partial charge is 0.243 e. The largest absolute Gasteiger partial charge is 0.506 e. The maximum atomic E-state index is 12.5. The molecule has 0 spiro atoms. The maximum Gasteiger partial charge on any atom is 0.243 e. The molecule has 1 amide bonds. The van der Waals surface area contributed by atoms with Crippen LogP contribution in [-0.2, 0) is 19.6 Å². The van der Waals surface area contributed by atoms with Gasteiger partial charge in [0.1, 0.15) is 5.75 Å². The normalized spacial score (nSPS) is 11.9. The Balaban J connectivity index is 2.83. The predicted molar refractivity (Wildman–Crippen MR) is 97.1 cm³/mol. The van der Waals surface area contributed by atoms with Gasteiger partial charge in [0.25, 0.3) is 0 Å². The first-order valence-electron chi connectivity index (χ1n) is 8.43. The second-order valence-corrected chi connectivity index (χ2v) is 7.97. The molecular formula is C17H28N2O5S. The molecule has 0 heterocycles. The van der Waals surface area contributed by atoms with Crippen LogP contribution < -0.4 is 5.32 Å². The Hall–Kier alpha value is -1.64. The third-order valence-corrected chi connectivity index (χ3v) is 5.56. The van der Waals surface area contributed by atoms with Crippen LogP contribution in [0.2, 0.25) is 0 Å². The van der Waals surface area contributed by atoms with E-state index in [0.29, 0.717) is 25.6 Å². The van der Waals surface area contributed by atoms with Gasteiger partial charge in [-0.1, -0.05) is 27.7 Å². The number of nitrogens with zero attached hydrogens (tertiary/aromatic N) is 1. The number of anilines is 1. The topological polar surface area (TPSA) is 95.9 Å². The van der Waals surface area contributed by atoms with Gasteiger partial charge in [-0.15, -0.1) is 0 Å². The molecule has 0 aliphatic heterocycles. The van der Waals surface area contributed by atoms with Crippen molar-refractivity contribution in [3.63, 3.8) is 0 Å². The van der Waals surface area contributed by atoms with E-state index in [2.05, 4.69) is 5.32 Å². The molecule has 0 atom stereocenters. The Morgan fingerprint density at radius 2 is 1.92 bits per heavy atom. The van der Waals surface area contributed by atoms with Crippen molar-refractivity contribution in [2.24, 2.45) is 5.92 Å². The van der Waals surface area contributed by atoms with Crippen molar-refractivity contribution < 1.29 is 23.1 Å². The van der Waals surface area contributed by atoms with Gasteiger partial charge >= 0.3 is 0 Å². The number of phenolic OH excluding ortho intramolecular Hbond substituents is 1. The third-order valence-electron chi connectivity index (χ3n) is 3.51. The Kier molecular flexibility index (Phi) is 8.34. The number of hydrogen-bond donors (Lipinski definition) is 2. The molecular weight excluding hydrogens is 344 g/mol. The monoisotopic (exact) mass is 372 g/mol. The van der Waals surface area contributed by atoms with Crippen LogP contribution in [0.3, 0.4) is 0 Å². The Bertz CT molecular complexity index is 670. The molecule has 0 unspecified atom stereocenters. The number of phenols is 1. The number of carbonyl (C=O) groups is 1. The second kappa shape index (κ2) is 9.74. The molecule has 0 aliphatic rings. The summed E-state index contributed by atoms with van der Waals surface area (Å²) in [5.41, 5.74) is 0.0714. The minimum absolute atomic E-state index is 0.0281. The maximum absolute atomic E-state index is 12.5. The lowest BCUT2D eigenvalue weighted by Crippen LogP contribution is -2.30. The van der Waals surface area contributed by atoms with E-state index in [1.807, 2.05) is 13.8 Å². The lowest BCUT2D eigenvalue weighted by Gasteiger charge is -2.19. The van der Waals surface area contributed by atoms with E-state index in [1.54, 1.807) is 13.8 Å². The molecule has 1 aromatic rings. The van der Waals surface area contributed by atoms with Crippen LogP contribution in [0.25, 0.3) is 0 Å². The highest BCUT2D eigenvalue weighted by atomic mass is 32.2.